The molecule has 0 unspecified atom stereocenters. The lowest BCUT2D eigenvalue weighted by Gasteiger charge is -2.26. The van der Waals surface area contributed by atoms with Gasteiger partial charge in [0, 0.05) is 31.6 Å². The zero-order valence-electron chi connectivity index (χ0n) is 9.32. The van der Waals surface area contributed by atoms with E-state index in [1.165, 1.54) is 11.3 Å². The fourth-order valence-electron chi connectivity index (χ4n) is 1.57. The Bertz CT molecular complexity index is 359. The number of aryl methyl sites for hydroxylation is 1. The number of urea groups is 1. The molecule has 2 rings (SSSR count). The summed E-state index contributed by atoms with van der Waals surface area (Å²) in [4.78, 5) is 17.9. The van der Waals surface area contributed by atoms with Crippen molar-refractivity contribution in [2.24, 2.45) is 0 Å². The van der Waals surface area contributed by atoms with Crippen molar-refractivity contribution in [3.8, 4) is 0 Å². The SMILES string of the molecule is CCc1csc(NC(=O)N2CCNCC2)n1. The molecule has 16 heavy (non-hydrogen) atoms. The molecule has 2 heterocycles. The third-order valence-electron chi connectivity index (χ3n) is 2.53. The van der Waals surface area contributed by atoms with Gasteiger partial charge in [-0.1, -0.05) is 6.92 Å². The van der Waals surface area contributed by atoms with Crippen LogP contribution < -0.4 is 10.6 Å². The fourth-order valence-corrected chi connectivity index (χ4v) is 2.35. The molecule has 1 aliphatic rings. The van der Waals surface area contributed by atoms with Crippen LogP contribution in [-0.4, -0.2) is 42.1 Å². The van der Waals surface area contributed by atoms with Gasteiger partial charge in [-0.2, -0.15) is 0 Å². The third-order valence-corrected chi connectivity index (χ3v) is 3.34. The maximum atomic E-state index is 11.8. The summed E-state index contributed by atoms with van der Waals surface area (Å²) in [5, 5.41) is 8.72. The largest absolute Gasteiger partial charge is 0.323 e. The number of aromatic nitrogens is 1. The first-order chi connectivity index (χ1) is 7.79. The topological polar surface area (TPSA) is 57.3 Å². The van der Waals surface area contributed by atoms with Crippen molar-refractivity contribution in [3.63, 3.8) is 0 Å². The molecule has 6 heteroatoms. The second-order valence-corrected chi connectivity index (χ2v) is 4.52. The standard InChI is InChI=1S/C10H16N4OS/c1-2-8-7-16-9(12-8)13-10(15)14-5-3-11-4-6-14/h7,11H,2-6H2,1H3,(H,12,13,15). The van der Waals surface area contributed by atoms with Crippen molar-refractivity contribution < 1.29 is 4.79 Å². The van der Waals surface area contributed by atoms with E-state index in [-0.39, 0.29) is 6.03 Å². The van der Waals surface area contributed by atoms with Crippen LogP contribution in [0.15, 0.2) is 5.38 Å². The summed E-state index contributed by atoms with van der Waals surface area (Å²) in [5.41, 5.74) is 1.03. The first-order valence-electron chi connectivity index (χ1n) is 5.50. The lowest BCUT2D eigenvalue weighted by molar-refractivity contribution is 0.204. The van der Waals surface area contributed by atoms with Crippen LogP contribution >= 0.6 is 11.3 Å². The van der Waals surface area contributed by atoms with E-state index in [9.17, 15) is 4.79 Å². The van der Waals surface area contributed by atoms with Crippen LogP contribution in [0.2, 0.25) is 0 Å². The number of rotatable bonds is 2. The zero-order valence-corrected chi connectivity index (χ0v) is 10.1. The number of amides is 2. The molecule has 0 spiro atoms. The zero-order chi connectivity index (χ0) is 11.4. The highest BCUT2D eigenvalue weighted by Crippen LogP contribution is 2.16. The smallest absolute Gasteiger partial charge is 0.322 e. The second kappa shape index (κ2) is 5.27. The van der Waals surface area contributed by atoms with Crippen molar-refractivity contribution >= 4 is 22.5 Å². The van der Waals surface area contributed by atoms with E-state index in [0.717, 1.165) is 38.3 Å². The maximum Gasteiger partial charge on any atom is 0.323 e. The molecule has 0 aromatic carbocycles. The number of thiazole rings is 1. The Kier molecular flexibility index (Phi) is 3.74. The number of nitrogens with zero attached hydrogens (tertiary/aromatic N) is 2. The Hall–Kier alpha value is -1.14. The molecule has 2 N–H and O–H groups in total. The molecule has 2 amide bonds. The average molecular weight is 240 g/mol. The molecule has 0 bridgehead atoms. The molecular formula is C10H16N4OS. The van der Waals surface area contributed by atoms with Gasteiger partial charge in [-0.15, -0.1) is 11.3 Å². The lowest BCUT2D eigenvalue weighted by Crippen LogP contribution is -2.48. The molecule has 5 nitrogen and oxygen atoms in total. The number of carbonyl (C=O) groups is 1. The number of anilines is 1. The summed E-state index contributed by atoms with van der Waals surface area (Å²) in [6.45, 7) is 5.31. The first kappa shape index (κ1) is 11.3. The van der Waals surface area contributed by atoms with Gasteiger partial charge in [-0.25, -0.2) is 9.78 Å². The van der Waals surface area contributed by atoms with Gasteiger partial charge in [-0.3, -0.25) is 5.32 Å². The molecule has 0 saturated carbocycles. The van der Waals surface area contributed by atoms with Crippen molar-refractivity contribution in [2.75, 3.05) is 31.5 Å². The summed E-state index contributed by atoms with van der Waals surface area (Å²) in [7, 11) is 0. The van der Waals surface area contributed by atoms with E-state index in [0.29, 0.717) is 5.13 Å². The van der Waals surface area contributed by atoms with E-state index in [4.69, 9.17) is 0 Å². The normalized spacial score (nSPS) is 16.2. The molecule has 88 valence electrons. The number of carbonyl (C=O) groups excluding carboxylic acids is 1. The summed E-state index contributed by atoms with van der Waals surface area (Å²) >= 11 is 1.48. The van der Waals surface area contributed by atoms with E-state index in [2.05, 4.69) is 22.5 Å². The Morgan fingerprint density at radius 3 is 3.00 bits per heavy atom. The minimum absolute atomic E-state index is 0.0431. The highest BCUT2D eigenvalue weighted by Gasteiger charge is 2.16. The Morgan fingerprint density at radius 2 is 2.38 bits per heavy atom. The van der Waals surface area contributed by atoms with Gasteiger partial charge in [0.05, 0.1) is 5.69 Å². The monoisotopic (exact) mass is 240 g/mol. The van der Waals surface area contributed by atoms with E-state index < -0.39 is 0 Å². The van der Waals surface area contributed by atoms with E-state index >= 15 is 0 Å². The van der Waals surface area contributed by atoms with Gasteiger partial charge in [0.2, 0.25) is 0 Å². The number of piperazine rings is 1. The average Bonchev–Trinajstić information content (AvgIpc) is 2.78. The van der Waals surface area contributed by atoms with Gasteiger partial charge in [0.25, 0.3) is 0 Å². The highest BCUT2D eigenvalue weighted by atomic mass is 32.1. The van der Waals surface area contributed by atoms with Crippen LogP contribution in [-0.2, 0) is 6.42 Å². The molecular weight excluding hydrogens is 224 g/mol. The third kappa shape index (κ3) is 2.70. The van der Waals surface area contributed by atoms with Crippen LogP contribution in [0.25, 0.3) is 0 Å². The molecule has 0 atom stereocenters. The van der Waals surface area contributed by atoms with E-state index in [1.54, 1.807) is 0 Å². The Morgan fingerprint density at radius 1 is 1.62 bits per heavy atom. The van der Waals surface area contributed by atoms with Gasteiger partial charge in [0.1, 0.15) is 0 Å². The minimum atomic E-state index is -0.0431. The Balaban J connectivity index is 1.90. The molecule has 1 fully saturated rings. The molecule has 1 saturated heterocycles. The van der Waals surface area contributed by atoms with E-state index in [1.807, 2.05) is 10.3 Å². The lowest BCUT2D eigenvalue weighted by atomic mass is 10.4. The molecule has 1 aromatic heterocycles. The highest BCUT2D eigenvalue weighted by molar-refractivity contribution is 7.13. The summed E-state index contributed by atoms with van der Waals surface area (Å²) in [5.74, 6) is 0. The quantitative estimate of drug-likeness (QED) is 0.815. The molecule has 0 aliphatic carbocycles. The second-order valence-electron chi connectivity index (χ2n) is 3.66. The van der Waals surface area contributed by atoms with Gasteiger partial charge < -0.3 is 10.2 Å². The van der Waals surface area contributed by atoms with Crippen LogP contribution in [0.5, 0.6) is 0 Å². The summed E-state index contributed by atoms with van der Waals surface area (Å²) in [6.07, 6.45) is 0.903. The number of hydrogen-bond donors (Lipinski definition) is 2. The van der Waals surface area contributed by atoms with Crippen LogP contribution in [0.1, 0.15) is 12.6 Å². The van der Waals surface area contributed by atoms with Crippen LogP contribution in [0, 0.1) is 0 Å². The van der Waals surface area contributed by atoms with Crippen molar-refractivity contribution in [1.82, 2.24) is 15.2 Å². The summed E-state index contributed by atoms with van der Waals surface area (Å²) in [6, 6.07) is -0.0431. The van der Waals surface area contributed by atoms with Crippen molar-refractivity contribution in [2.45, 2.75) is 13.3 Å². The maximum absolute atomic E-state index is 11.8. The van der Waals surface area contributed by atoms with Gasteiger partial charge in [-0.05, 0) is 6.42 Å². The predicted molar refractivity (Wildman–Crippen MR) is 65.0 cm³/mol. The molecule has 1 aliphatic heterocycles. The summed E-state index contributed by atoms with van der Waals surface area (Å²) < 4.78 is 0. The number of nitrogens with one attached hydrogen (secondary N) is 2. The minimum Gasteiger partial charge on any atom is -0.322 e. The first-order valence-corrected chi connectivity index (χ1v) is 6.38. The molecule has 0 radical (unpaired) electrons. The van der Waals surface area contributed by atoms with Crippen LogP contribution in [0.4, 0.5) is 9.93 Å². The van der Waals surface area contributed by atoms with Crippen LogP contribution in [0.3, 0.4) is 0 Å². The Labute approximate surface area is 98.9 Å². The van der Waals surface area contributed by atoms with Gasteiger partial charge >= 0.3 is 6.03 Å². The molecule has 1 aromatic rings. The van der Waals surface area contributed by atoms with Crippen molar-refractivity contribution in [3.05, 3.63) is 11.1 Å². The fraction of sp³-hybridized carbons (Fsp3) is 0.600. The van der Waals surface area contributed by atoms with Gasteiger partial charge in [0.15, 0.2) is 5.13 Å². The van der Waals surface area contributed by atoms with Crippen molar-refractivity contribution in [1.29, 1.82) is 0 Å². The predicted octanol–water partition coefficient (Wildman–Crippen LogP) is 1.14. The number of hydrogen-bond acceptors (Lipinski definition) is 4.